The summed E-state index contributed by atoms with van der Waals surface area (Å²) in [5.41, 5.74) is 0.221. The van der Waals surface area contributed by atoms with Crippen molar-refractivity contribution < 1.29 is 9.18 Å². The van der Waals surface area contributed by atoms with Crippen LogP contribution in [-0.2, 0) is 4.79 Å². The van der Waals surface area contributed by atoms with Crippen LogP contribution in [0.3, 0.4) is 0 Å². The Bertz CT molecular complexity index is 349. The molecule has 1 rings (SSSR count). The zero-order valence-corrected chi connectivity index (χ0v) is 9.88. The summed E-state index contributed by atoms with van der Waals surface area (Å²) in [5.74, 6) is -0.850. The lowest BCUT2D eigenvalue weighted by Crippen LogP contribution is -2.13. The molecule has 14 heavy (non-hydrogen) atoms. The van der Waals surface area contributed by atoms with Crippen LogP contribution >= 0.6 is 39.1 Å². The highest BCUT2D eigenvalue weighted by molar-refractivity contribution is 9.09. The molecule has 0 aliphatic rings. The molecule has 0 heterocycles. The largest absolute Gasteiger partial charge is 0.323 e. The molecule has 0 radical (unpaired) electrons. The molecule has 0 bridgehead atoms. The van der Waals surface area contributed by atoms with Crippen LogP contribution in [0.4, 0.5) is 10.1 Å². The van der Waals surface area contributed by atoms with Gasteiger partial charge in [0.1, 0.15) is 5.82 Å². The maximum Gasteiger partial charge on any atom is 0.235 e. The maximum absolute atomic E-state index is 12.7. The molecular formula is C8H5BrCl2FNO. The summed E-state index contributed by atoms with van der Waals surface area (Å²) in [7, 11) is 0. The number of anilines is 1. The minimum absolute atomic E-state index is 0.0734. The van der Waals surface area contributed by atoms with Crippen molar-refractivity contribution in [2.24, 2.45) is 0 Å². The molecule has 0 unspecified atom stereocenters. The van der Waals surface area contributed by atoms with E-state index in [1.54, 1.807) is 0 Å². The van der Waals surface area contributed by atoms with Crippen LogP contribution in [0.15, 0.2) is 12.1 Å². The van der Waals surface area contributed by atoms with Gasteiger partial charge in [-0.05, 0) is 12.1 Å². The van der Waals surface area contributed by atoms with E-state index in [4.69, 9.17) is 23.2 Å². The molecule has 1 aromatic rings. The average Bonchev–Trinajstić information content (AvgIpc) is 2.10. The van der Waals surface area contributed by atoms with Gasteiger partial charge in [-0.1, -0.05) is 39.1 Å². The first-order valence-electron chi connectivity index (χ1n) is 3.55. The Hall–Kier alpha value is -0.320. The Morgan fingerprint density at radius 1 is 1.43 bits per heavy atom. The van der Waals surface area contributed by atoms with Gasteiger partial charge in [-0.2, -0.15) is 0 Å². The normalized spacial score (nSPS) is 10.0. The van der Waals surface area contributed by atoms with Gasteiger partial charge in [-0.15, -0.1) is 0 Å². The highest BCUT2D eigenvalue weighted by atomic mass is 79.9. The number of nitrogens with one attached hydrogen (secondary N) is 1. The van der Waals surface area contributed by atoms with E-state index in [1.165, 1.54) is 0 Å². The smallest absolute Gasteiger partial charge is 0.235 e. The first kappa shape index (κ1) is 11.8. The van der Waals surface area contributed by atoms with E-state index in [2.05, 4.69) is 21.2 Å². The first-order chi connectivity index (χ1) is 6.54. The molecule has 0 aliphatic heterocycles. The van der Waals surface area contributed by atoms with Crippen molar-refractivity contribution in [1.29, 1.82) is 0 Å². The predicted octanol–water partition coefficient (Wildman–Crippen LogP) is 3.47. The lowest BCUT2D eigenvalue weighted by atomic mass is 10.3. The lowest BCUT2D eigenvalue weighted by Gasteiger charge is -2.07. The van der Waals surface area contributed by atoms with Crippen LogP contribution in [0.1, 0.15) is 0 Å². The summed E-state index contributed by atoms with van der Waals surface area (Å²) >= 11 is 14.3. The van der Waals surface area contributed by atoms with E-state index < -0.39 is 5.82 Å². The van der Waals surface area contributed by atoms with E-state index in [0.717, 1.165) is 12.1 Å². The van der Waals surface area contributed by atoms with E-state index >= 15 is 0 Å². The Labute approximate surface area is 98.5 Å². The van der Waals surface area contributed by atoms with Gasteiger partial charge < -0.3 is 5.32 Å². The van der Waals surface area contributed by atoms with Crippen molar-refractivity contribution >= 4 is 50.7 Å². The molecule has 1 amide bonds. The number of hydrogen-bond acceptors (Lipinski definition) is 1. The lowest BCUT2D eigenvalue weighted by molar-refractivity contribution is -0.113. The third kappa shape index (κ3) is 2.83. The van der Waals surface area contributed by atoms with Crippen LogP contribution < -0.4 is 5.32 Å². The van der Waals surface area contributed by atoms with Gasteiger partial charge in [-0.3, -0.25) is 4.79 Å². The first-order valence-corrected chi connectivity index (χ1v) is 5.42. The van der Waals surface area contributed by atoms with E-state index in [1.807, 2.05) is 0 Å². The highest BCUT2D eigenvalue weighted by Crippen LogP contribution is 2.31. The molecular weight excluding hydrogens is 296 g/mol. The van der Waals surface area contributed by atoms with Gasteiger partial charge in [0, 0.05) is 0 Å². The zero-order chi connectivity index (χ0) is 10.7. The third-order valence-electron chi connectivity index (χ3n) is 1.39. The van der Waals surface area contributed by atoms with Crippen molar-refractivity contribution in [1.82, 2.24) is 0 Å². The number of amides is 1. The molecule has 2 nitrogen and oxygen atoms in total. The van der Waals surface area contributed by atoms with Crippen molar-refractivity contribution in [3.63, 3.8) is 0 Å². The predicted molar refractivity (Wildman–Crippen MR) is 58.8 cm³/mol. The quantitative estimate of drug-likeness (QED) is 0.833. The molecule has 6 heteroatoms. The molecule has 0 aromatic heterocycles. The molecule has 1 aromatic carbocycles. The summed E-state index contributed by atoms with van der Waals surface area (Å²) in [4.78, 5) is 11.0. The fraction of sp³-hybridized carbons (Fsp3) is 0.125. The number of hydrogen-bond donors (Lipinski definition) is 1. The number of carbonyl (C=O) groups is 1. The molecule has 0 atom stereocenters. The van der Waals surface area contributed by atoms with Crippen molar-refractivity contribution in [3.05, 3.63) is 28.0 Å². The van der Waals surface area contributed by atoms with Gasteiger partial charge in [0.05, 0.1) is 21.1 Å². The van der Waals surface area contributed by atoms with Crippen LogP contribution in [0.5, 0.6) is 0 Å². The Morgan fingerprint density at radius 2 is 1.93 bits per heavy atom. The van der Waals surface area contributed by atoms with E-state index in [0.29, 0.717) is 0 Å². The van der Waals surface area contributed by atoms with Crippen LogP contribution in [0, 0.1) is 5.82 Å². The summed E-state index contributed by atoms with van der Waals surface area (Å²) in [6, 6.07) is 2.16. The zero-order valence-electron chi connectivity index (χ0n) is 6.78. The average molecular weight is 301 g/mol. The number of halogens is 4. The standard InChI is InChI=1S/C8H5BrCl2FNO/c9-3-7(14)13-8-5(10)1-4(12)2-6(8)11/h1-2H,3H2,(H,13,14). The second-order valence-electron chi connectivity index (χ2n) is 2.43. The van der Waals surface area contributed by atoms with Crippen molar-refractivity contribution in [3.8, 4) is 0 Å². The van der Waals surface area contributed by atoms with Gasteiger partial charge in [0.2, 0.25) is 5.91 Å². The molecule has 1 N–H and O–H groups in total. The summed E-state index contributed by atoms with van der Waals surface area (Å²) in [6.07, 6.45) is 0. The van der Waals surface area contributed by atoms with E-state index in [9.17, 15) is 9.18 Å². The molecule has 0 saturated carbocycles. The molecule has 76 valence electrons. The number of alkyl halides is 1. The molecule has 0 spiro atoms. The molecule has 0 saturated heterocycles. The fourth-order valence-corrected chi connectivity index (χ4v) is 1.53. The summed E-state index contributed by atoms with van der Waals surface area (Å²) in [5, 5.41) is 2.71. The molecule has 0 aliphatic carbocycles. The van der Waals surface area contributed by atoms with Crippen molar-refractivity contribution in [2.75, 3.05) is 10.6 Å². The second kappa shape index (κ2) is 4.96. The minimum Gasteiger partial charge on any atom is -0.323 e. The monoisotopic (exact) mass is 299 g/mol. The van der Waals surface area contributed by atoms with Gasteiger partial charge in [-0.25, -0.2) is 4.39 Å². The number of rotatable bonds is 2. The van der Waals surface area contributed by atoms with E-state index in [-0.39, 0.29) is 27.0 Å². The summed E-state index contributed by atoms with van der Waals surface area (Å²) < 4.78 is 12.7. The van der Waals surface area contributed by atoms with Gasteiger partial charge >= 0.3 is 0 Å². The van der Waals surface area contributed by atoms with Gasteiger partial charge in [0.25, 0.3) is 0 Å². The maximum atomic E-state index is 12.7. The van der Waals surface area contributed by atoms with Crippen LogP contribution in [0.2, 0.25) is 10.0 Å². The summed E-state index contributed by atoms with van der Waals surface area (Å²) in [6.45, 7) is 0. The van der Waals surface area contributed by atoms with Crippen LogP contribution in [0.25, 0.3) is 0 Å². The Morgan fingerprint density at radius 3 is 2.36 bits per heavy atom. The minimum atomic E-state index is -0.545. The highest BCUT2D eigenvalue weighted by Gasteiger charge is 2.10. The number of benzene rings is 1. The topological polar surface area (TPSA) is 29.1 Å². The van der Waals surface area contributed by atoms with Crippen molar-refractivity contribution in [2.45, 2.75) is 0 Å². The number of carbonyl (C=O) groups excluding carboxylic acids is 1. The van der Waals surface area contributed by atoms with Crippen LogP contribution in [-0.4, -0.2) is 11.2 Å². The Balaban J connectivity index is 3.02. The van der Waals surface area contributed by atoms with Gasteiger partial charge in [0.15, 0.2) is 0 Å². The Kier molecular flexibility index (Phi) is 4.16. The molecule has 0 fully saturated rings. The SMILES string of the molecule is O=C(CBr)Nc1c(Cl)cc(F)cc1Cl. The second-order valence-corrected chi connectivity index (χ2v) is 3.80. The fourth-order valence-electron chi connectivity index (χ4n) is 0.834. The third-order valence-corrected chi connectivity index (χ3v) is 2.50.